The summed E-state index contributed by atoms with van der Waals surface area (Å²) < 4.78 is 36.8. The summed E-state index contributed by atoms with van der Waals surface area (Å²) >= 11 is 0. The van der Waals surface area contributed by atoms with E-state index in [1.54, 1.807) is 36.5 Å². The molecule has 1 aromatic carbocycles. The molecule has 0 saturated heterocycles. The molecule has 0 aliphatic heterocycles. The fourth-order valence-corrected chi connectivity index (χ4v) is 3.09. The van der Waals surface area contributed by atoms with Crippen LogP contribution in [0.1, 0.15) is 5.56 Å². The van der Waals surface area contributed by atoms with Crippen molar-refractivity contribution in [2.45, 2.75) is 12.3 Å². The summed E-state index contributed by atoms with van der Waals surface area (Å²) in [7, 11) is -2.47. The molecule has 3 aromatic rings. The van der Waals surface area contributed by atoms with Crippen LogP contribution in [0, 0.1) is 0 Å². The molecule has 3 rings (SSSR count). The Kier molecular flexibility index (Phi) is 5.29. The van der Waals surface area contributed by atoms with E-state index in [1.807, 2.05) is 6.07 Å². The lowest BCUT2D eigenvalue weighted by Crippen LogP contribution is -2.23. The van der Waals surface area contributed by atoms with Crippen molar-refractivity contribution in [3.63, 3.8) is 0 Å². The number of nitrogens with two attached hydrogens (primary N) is 1. The van der Waals surface area contributed by atoms with E-state index in [9.17, 15) is 17.6 Å². The van der Waals surface area contributed by atoms with Crippen molar-refractivity contribution >= 4 is 16.4 Å². The number of nitrogens with zero attached hydrogens (tertiary/aromatic N) is 3. The highest BCUT2D eigenvalue weighted by Gasteiger charge is 2.10. The minimum atomic E-state index is -2.47. The van der Waals surface area contributed by atoms with Crippen LogP contribution < -0.4 is 11.4 Å². The quantitative estimate of drug-likeness (QED) is 0.628. The molecule has 0 spiro atoms. The molecule has 0 atom stereocenters. The number of aromatic nitrogens is 3. The second-order valence-corrected chi connectivity index (χ2v) is 6.73. The summed E-state index contributed by atoms with van der Waals surface area (Å²) in [5, 5.41) is 4.17. The van der Waals surface area contributed by atoms with E-state index in [1.165, 1.54) is 4.40 Å². The molecule has 0 bridgehead atoms. The van der Waals surface area contributed by atoms with Crippen LogP contribution in [0.3, 0.4) is 0 Å². The summed E-state index contributed by atoms with van der Waals surface area (Å²) in [6.45, 7) is -0.00572. The molecule has 136 valence electrons. The fourth-order valence-electron chi connectivity index (χ4n) is 2.58. The minimum absolute atomic E-state index is 0.00329. The first-order valence-electron chi connectivity index (χ1n) is 7.80. The zero-order valence-corrected chi connectivity index (χ0v) is 14.6. The van der Waals surface area contributed by atoms with E-state index in [2.05, 4.69) is 5.10 Å². The number of hydrogen-bond acceptors (Lipinski definition) is 5. The molecule has 0 saturated carbocycles. The highest BCUT2D eigenvalue weighted by Crippen LogP contribution is 2.20. The van der Waals surface area contributed by atoms with E-state index in [0.717, 1.165) is 15.8 Å². The van der Waals surface area contributed by atoms with Gasteiger partial charge in [0.1, 0.15) is 10.7 Å². The van der Waals surface area contributed by atoms with Gasteiger partial charge in [-0.1, -0.05) is 24.3 Å². The third-order valence-electron chi connectivity index (χ3n) is 3.95. The number of fused-ring (bicyclic) bond motifs is 1. The predicted molar refractivity (Wildman–Crippen MR) is 97.2 cm³/mol. The maximum atomic E-state index is 12.7. The van der Waals surface area contributed by atoms with Crippen molar-refractivity contribution in [2.75, 3.05) is 6.54 Å². The number of benzene rings is 1. The van der Waals surface area contributed by atoms with Crippen LogP contribution in [0.25, 0.3) is 16.8 Å². The number of rotatable bonds is 6. The minimum Gasteiger partial charge on any atom is -0.327 e. The first kappa shape index (κ1) is 18.0. The second kappa shape index (κ2) is 7.63. The number of halogens is 1. The van der Waals surface area contributed by atoms with Gasteiger partial charge in [-0.05, 0) is 34.4 Å². The number of hydrogen-bond donors (Lipinski definition) is 2. The molecule has 0 radical (unpaired) electrons. The van der Waals surface area contributed by atoms with Crippen molar-refractivity contribution < 1.29 is 12.8 Å². The van der Waals surface area contributed by atoms with Gasteiger partial charge in [0.05, 0.1) is 18.6 Å². The maximum absolute atomic E-state index is 12.7. The molecular formula is C17H17FN4O3S. The van der Waals surface area contributed by atoms with Gasteiger partial charge in [-0.2, -0.15) is 0 Å². The highest BCUT2D eigenvalue weighted by molar-refractivity contribution is 7.71. The molecular weight excluding hydrogens is 359 g/mol. The molecule has 2 N–H and O–H groups in total. The highest BCUT2D eigenvalue weighted by atomic mass is 32.2. The lowest BCUT2D eigenvalue weighted by molar-refractivity contribution is 0.614. The zero-order chi connectivity index (χ0) is 18.7. The van der Waals surface area contributed by atoms with Gasteiger partial charge >= 0.3 is 5.69 Å². The van der Waals surface area contributed by atoms with E-state index in [0.29, 0.717) is 17.5 Å². The van der Waals surface area contributed by atoms with E-state index in [4.69, 9.17) is 5.73 Å². The van der Waals surface area contributed by atoms with Crippen LogP contribution in [-0.4, -0.2) is 29.1 Å². The third kappa shape index (κ3) is 3.73. The van der Waals surface area contributed by atoms with Gasteiger partial charge in [-0.3, -0.25) is 0 Å². The fraction of sp³-hybridized carbons (Fsp3) is 0.176. The molecule has 26 heavy (non-hydrogen) atoms. The Balaban J connectivity index is 1.96. The molecule has 7 nitrogen and oxygen atoms in total. The molecule has 2 heterocycles. The van der Waals surface area contributed by atoms with Gasteiger partial charge in [0.15, 0.2) is 5.65 Å². The maximum Gasteiger partial charge on any atom is 0.350 e. The van der Waals surface area contributed by atoms with Crippen molar-refractivity contribution in [1.82, 2.24) is 14.2 Å². The van der Waals surface area contributed by atoms with Crippen LogP contribution in [0.15, 0.2) is 59.3 Å². The van der Waals surface area contributed by atoms with Gasteiger partial charge < -0.3 is 5.73 Å². The molecule has 0 unspecified atom stereocenters. The van der Waals surface area contributed by atoms with Gasteiger partial charge in [-0.25, -0.2) is 26.7 Å². The lowest BCUT2D eigenvalue weighted by atomic mass is 10.1. The summed E-state index contributed by atoms with van der Waals surface area (Å²) in [4.78, 5) is 12.5. The van der Waals surface area contributed by atoms with Crippen molar-refractivity contribution in [3.05, 3.63) is 70.5 Å². The normalized spacial score (nSPS) is 12.2. The lowest BCUT2D eigenvalue weighted by Gasteiger charge is -2.03. The average Bonchev–Trinajstić information content (AvgIpc) is 2.95. The van der Waals surface area contributed by atoms with Crippen molar-refractivity contribution in [1.29, 1.82) is 0 Å². The third-order valence-corrected chi connectivity index (χ3v) is 4.57. The summed E-state index contributed by atoms with van der Waals surface area (Å²) in [6, 6.07) is 10.6. The van der Waals surface area contributed by atoms with Gasteiger partial charge in [-0.15, -0.1) is 5.10 Å². The molecule has 0 fully saturated rings. The largest absolute Gasteiger partial charge is 0.350 e. The predicted octanol–water partition coefficient (Wildman–Crippen LogP) is 1.09. The summed E-state index contributed by atoms with van der Waals surface area (Å²) in [5.41, 5.74) is 8.04. The SMILES string of the molecule is NC/C(=C\F)Cn1nc2ccc(-c3ccc(C[SH](=O)=O)cc3)cn2c1=O. The van der Waals surface area contributed by atoms with Crippen LogP contribution >= 0.6 is 0 Å². The number of thiol groups is 1. The topological polar surface area (TPSA) is 99.5 Å². The van der Waals surface area contributed by atoms with Crippen LogP contribution in [0.2, 0.25) is 0 Å². The monoisotopic (exact) mass is 376 g/mol. The number of pyridine rings is 1. The first-order chi connectivity index (χ1) is 12.5. The average molecular weight is 376 g/mol. The molecule has 9 heteroatoms. The summed E-state index contributed by atoms with van der Waals surface area (Å²) in [5.74, 6) is -0.00750. The van der Waals surface area contributed by atoms with E-state index < -0.39 is 16.4 Å². The Labute approximate surface area is 150 Å². The van der Waals surface area contributed by atoms with Crippen LogP contribution in [-0.2, 0) is 23.0 Å². The molecule has 2 aromatic heterocycles. The van der Waals surface area contributed by atoms with Crippen molar-refractivity contribution in [2.24, 2.45) is 5.73 Å². The Hall–Kier alpha value is -2.78. The van der Waals surface area contributed by atoms with Gasteiger partial charge in [0, 0.05) is 12.7 Å². The van der Waals surface area contributed by atoms with E-state index in [-0.39, 0.29) is 24.4 Å². The standard InChI is InChI=1S/C17H17FN4O3S/c18-7-13(8-19)9-22-17(23)21-10-15(5-6-16(21)20-22)14-3-1-12(2-4-14)11-26(24)25/h1-7,10,26H,8-9,11,19H2/b13-7+. The second-order valence-electron chi connectivity index (χ2n) is 5.75. The zero-order valence-electron chi connectivity index (χ0n) is 13.7. The van der Waals surface area contributed by atoms with Crippen molar-refractivity contribution in [3.8, 4) is 11.1 Å². The Morgan fingerprint density at radius 1 is 1.15 bits per heavy atom. The van der Waals surface area contributed by atoms with Crippen LogP contribution in [0.5, 0.6) is 0 Å². The Morgan fingerprint density at radius 2 is 1.85 bits per heavy atom. The summed E-state index contributed by atoms with van der Waals surface area (Å²) in [6.07, 6.45) is 2.03. The molecule has 0 aliphatic rings. The molecule has 0 aliphatic carbocycles. The van der Waals surface area contributed by atoms with E-state index >= 15 is 0 Å². The van der Waals surface area contributed by atoms with Gasteiger partial charge in [0.25, 0.3) is 0 Å². The van der Waals surface area contributed by atoms with Crippen LogP contribution in [0.4, 0.5) is 4.39 Å². The smallest absolute Gasteiger partial charge is 0.327 e. The Bertz CT molecular complexity index is 1090. The Morgan fingerprint density at radius 3 is 2.46 bits per heavy atom. The first-order valence-corrected chi connectivity index (χ1v) is 9.16. The molecule has 0 amide bonds. The van der Waals surface area contributed by atoms with Gasteiger partial charge in [0.2, 0.25) is 0 Å².